The molecular weight excluding hydrogens is 522 g/mol. The van der Waals surface area contributed by atoms with Crippen LogP contribution in [-0.2, 0) is 21.4 Å². The number of sulfonamides is 1. The fraction of sp³-hybridized carbons (Fsp3) is 0.0909. The van der Waals surface area contributed by atoms with Crippen LogP contribution in [0, 0.1) is 15.9 Å². The number of hydrazone groups is 1. The lowest BCUT2D eigenvalue weighted by Gasteiger charge is -2.22. The number of hydrogen-bond donors (Lipinski definition) is 1. The van der Waals surface area contributed by atoms with Crippen molar-refractivity contribution in [1.29, 1.82) is 0 Å². The Morgan fingerprint density at radius 1 is 1.09 bits per heavy atom. The van der Waals surface area contributed by atoms with Crippen LogP contribution in [0.5, 0.6) is 0 Å². The molecule has 3 aromatic carbocycles. The maximum absolute atomic E-state index is 14.4. The van der Waals surface area contributed by atoms with E-state index in [1.165, 1.54) is 54.6 Å². The summed E-state index contributed by atoms with van der Waals surface area (Å²) >= 11 is 11.9. The first-order valence-electron chi connectivity index (χ1n) is 9.83. The van der Waals surface area contributed by atoms with Gasteiger partial charge in [0.25, 0.3) is 11.6 Å². The molecule has 13 heteroatoms. The SMILES string of the molecule is O=C(CN(Cc1c(F)cccc1Cl)S(=O)(=O)c1ccc(Cl)cc1)N/N=C\c1ccccc1[N+](=O)[O-]. The number of benzene rings is 3. The molecule has 0 heterocycles. The molecule has 0 spiro atoms. The van der Waals surface area contributed by atoms with Crippen LogP contribution < -0.4 is 5.43 Å². The highest BCUT2D eigenvalue weighted by Crippen LogP contribution is 2.25. The van der Waals surface area contributed by atoms with E-state index in [9.17, 15) is 27.7 Å². The van der Waals surface area contributed by atoms with Crippen molar-refractivity contribution in [3.8, 4) is 0 Å². The molecule has 0 saturated heterocycles. The predicted octanol–water partition coefficient (Wildman–Crippen LogP) is 4.38. The maximum atomic E-state index is 14.4. The molecule has 3 aromatic rings. The lowest BCUT2D eigenvalue weighted by molar-refractivity contribution is -0.385. The normalized spacial score (nSPS) is 11.7. The van der Waals surface area contributed by atoms with Crippen molar-refractivity contribution in [2.75, 3.05) is 6.54 Å². The van der Waals surface area contributed by atoms with Crippen molar-refractivity contribution in [2.24, 2.45) is 5.10 Å². The number of nitrogens with one attached hydrogen (secondary N) is 1. The molecule has 0 bridgehead atoms. The molecule has 0 aliphatic rings. The van der Waals surface area contributed by atoms with Gasteiger partial charge in [-0.15, -0.1) is 0 Å². The summed E-state index contributed by atoms with van der Waals surface area (Å²) in [6, 6.07) is 14.8. The highest BCUT2D eigenvalue weighted by atomic mass is 35.5. The van der Waals surface area contributed by atoms with Crippen molar-refractivity contribution in [2.45, 2.75) is 11.4 Å². The third-order valence-electron chi connectivity index (χ3n) is 4.69. The summed E-state index contributed by atoms with van der Waals surface area (Å²) < 4.78 is 41.6. The standard InChI is InChI=1S/C22H17Cl2FN4O5S/c23-16-8-10-17(11-9-16)35(33,34)28(13-18-19(24)5-3-6-20(18)25)14-22(30)27-26-12-15-4-1-2-7-21(15)29(31)32/h1-12H,13-14H2,(H,27,30)/b26-12-. The fourth-order valence-corrected chi connectivity index (χ4v) is 4.69. The number of nitrogens with zero attached hydrogens (tertiary/aromatic N) is 3. The van der Waals surface area contributed by atoms with Crippen LogP contribution in [0.1, 0.15) is 11.1 Å². The van der Waals surface area contributed by atoms with Gasteiger partial charge in [-0.05, 0) is 42.5 Å². The fourth-order valence-electron chi connectivity index (χ4n) is 2.97. The Morgan fingerprint density at radius 2 is 1.77 bits per heavy atom. The van der Waals surface area contributed by atoms with Gasteiger partial charge in [-0.3, -0.25) is 14.9 Å². The molecule has 0 saturated carbocycles. The van der Waals surface area contributed by atoms with Crippen molar-refractivity contribution < 1.29 is 22.5 Å². The average Bonchev–Trinajstić information content (AvgIpc) is 2.81. The van der Waals surface area contributed by atoms with Gasteiger partial charge in [0.15, 0.2) is 0 Å². The van der Waals surface area contributed by atoms with Gasteiger partial charge in [0.05, 0.1) is 28.1 Å². The molecule has 3 rings (SSSR count). The van der Waals surface area contributed by atoms with E-state index in [-0.39, 0.29) is 26.7 Å². The molecule has 0 radical (unpaired) electrons. The highest BCUT2D eigenvalue weighted by molar-refractivity contribution is 7.89. The topological polar surface area (TPSA) is 122 Å². The molecule has 0 atom stereocenters. The van der Waals surface area contributed by atoms with Crippen LogP contribution in [0.15, 0.2) is 76.7 Å². The smallest absolute Gasteiger partial charge is 0.272 e. The zero-order valence-electron chi connectivity index (χ0n) is 17.8. The molecule has 0 aliphatic carbocycles. The monoisotopic (exact) mass is 538 g/mol. The Hall–Kier alpha value is -3.38. The lowest BCUT2D eigenvalue weighted by Crippen LogP contribution is -2.39. The third-order valence-corrected chi connectivity index (χ3v) is 7.11. The zero-order valence-corrected chi connectivity index (χ0v) is 20.1. The van der Waals surface area contributed by atoms with E-state index in [1.807, 2.05) is 0 Å². The molecule has 0 aliphatic heterocycles. The molecule has 182 valence electrons. The molecule has 0 fully saturated rings. The van der Waals surface area contributed by atoms with E-state index in [4.69, 9.17) is 23.2 Å². The number of hydrogen-bond acceptors (Lipinski definition) is 6. The minimum Gasteiger partial charge on any atom is -0.272 e. The summed E-state index contributed by atoms with van der Waals surface area (Å²) in [6.07, 6.45) is 1.06. The second-order valence-electron chi connectivity index (χ2n) is 7.04. The summed E-state index contributed by atoms with van der Waals surface area (Å²) in [7, 11) is -4.29. The van der Waals surface area contributed by atoms with E-state index in [0.717, 1.165) is 16.6 Å². The Balaban J connectivity index is 1.86. The van der Waals surface area contributed by atoms with Crippen LogP contribution >= 0.6 is 23.2 Å². The van der Waals surface area contributed by atoms with Crippen LogP contribution in [0.2, 0.25) is 10.0 Å². The van der Waals surface area contributed by atoms with E-state index in [2.05, 4.69) is 10.5 Å². The second kappa shape index (κ2) is 11.4. The largest absolute Gasteiger partial charge is 0.278 e. The first-order valence-corrected chi connectivity index (χ1v) is 12.0. The first kappa shape index (κ1) is 26.2. The molecule has 0 aromatic heterocycles. The number of nitro benzene ring substituents is 1. The van der Waals surface area contributed by atoms with Gasteiger partial charge in [-0.25, -0.2) is 18.2 Å². The quantitative estimate of drug-likeness (QED) is 0.246. The molecular formula is C22H17Cl2FN4O5S. The number of rotatable bonds is 9. The predicted molar refractivity (Wildman–Crippen MR) is 129 cm³/mol. The van der Waals surface area contributed by atoms with Gasteiger partial charge in [0.2, 0.25) is 10.0 Å². The Kier molecular flexibility index (Phi) is 8.52. The van der Waals surface area contributed by atoms with Crippen LogP contribution in [0.4, 0.5) is 10.1 Å². The van der Waals surface area contributed by atoms with E-state index in [0.29, 0.717) is 5.02 Å². The molecule has 1 N–H and O–H groups in total. The van der Waals surface area contributed by atoms with E-state index >= 15 is 0 Å². The summed E-state index contributed by atoms with van der Waals surface area (Å²) in [6.45, 7) is -1.29. The highest BCUT2D eigenvalue weighted by Gasteiger charge is 2.28. The van der Waals surface area contributed by atoms with Gasteiger partial charge >= 0.3 is 0 Å². The summed E-state index contributed by atoms with van der Waals surface area (Å²) in [4.78, 5) is 22.8. The van der Waals surface area contributed by atoms with E-state index in [1.54, 1.807) is 6.07 Å². The minimum absolute atomic E-state index is 0.0175. The Labute approximate surface area is 210 Å². The Morgan fingerprint density at radius 3 is 2.43 bits per heavy atom. The number of carbonyl (C=O) groups excluding carboxylic acids is 1. The number of carbonyl (C=O) groups is 1. The summed E-state index contributed by atoms with van der Waals surface area (Å²) in [5.74, 6) is -1.62. The maximum Gasteiger partial charge on any atom is 0.278 e. The molecule has 0 unspecified atom stereocenters. The number of para-hydroxylation sites is 1. The van der Waals surface area contributed by atoms with Gasteiger partial charge in [0, 0.05) is 28.2 Å². The van der Waals surface area contributed by atoms with Gasteiger partial charge in [0.1, 0.15) is 5.82 Å². The third kappa shape index (κ3) is 6.61. The number of halogens is 3. The van der Waals surface area contributed by atoms with Crippen LogP contribution in [-0.4, -0.2) is 36.3 Å². The Bertz CT molecular complexity index is 1360. The van der Waals surface area contributed by atoms with Crippen molar-refractivity contribution in [1.82, 2.24) is 9.73 Å². The lowest BCUT2D eigenvalue weighted by atomic mass is 10.2. The van der Waals surface area contributed by atoms with Gasteiger partial charge in [-0.2, -0.15) is 9.41 Å². The summed E-state index contributed by atoms with van der Waals surface area (Å²) in [5, 5.41) is 15.1. The van der Waals surface area contributed by atoms with Crippen molar-refractivity contribution in [3.63, 3.8) is 0 Å². The van der Waals surface area contributed by atoms with Gasteiger partial charge < -0.3 is 0 Å². The molecule has 1 amide bonds. The number of nitro groups is 1. The molecule has 9 nitrogen and oxygen atoms in total. The minimum atomic E-state index is -4.29. The zero-order chi connectivity index (χ0) is 25.6. The van der Waals surface area contributed by atoms with E-state index < -0.39 is 39.8 Å². The van der Waals surface area contributed by atoms with Crippen LogP contribution in [0.3, 0.4) is 0 Å². The van der Waals surface area contributed by atoms with Crippen LogP contribution in [0.25, 0.3) is 0 Å². The average molecular weight is 539 g/mol. The summed E-state index contributed by atoms with van der Waals surface area (Å²) in [5.41, 5.74) is 1.90. The van der Waals surface area contributed by atoms with Crippen molar-refractivity contribution >= 4 is 51.0 Å². The second-order valence-corrected chi connectivity index (χ2v) is 9.82. The van der Waals surface area contributed by atoms with Crippen molar-refractivity contribution in [3.05, 3.63) is 104 Å². The number of amides is 1. The van der Waals surface area contributed by atoms with Gasteiger partial charge in [-0.1, -0.05) is 41.4 Å². The first-order chi connectivity index (χ1) is 16.6. The molecule has 35 heavy (non-hydrogen) atoms.